The van der Waals surface area contributed by atoms with E-state index >= 15 is 0 Å². The van der Waals surface area contributed by atoms with E-state index in [1.165, 1.54) is 25.9 Å². The minimum atomic E-state index is 0.410. The number of rotatable bonds is 0. The van der Waals surface area contributed by atoms with Gasteiger partial charge in [-0.05, 0) is 52.0 Å². The lowest BCUT2D eigenvalue weighted by molar-refractivity contribution is 0.105. The summed E-state index contributed by atoms with van der Waals surface area (Å²) in [4.78, 5) is 2.64. The first-order valence-corrected chi connectivity index (χ1v) is 4.82. The SMILES string of the molecule is CC(C)(C)N1CC[C@H]2C[C@H]2C1. The first-order chi connectivity index (χ1) is 5.07. The van der Waals surface area contributed by atoms with Crippen molar-refractivity contribution in [1.29, 1.82) is 0 Å². The van der Waals surface area contributed by atoms with Crippen LogP contribution in [0.1, 0.15) is 33.6 Å². The highest BCUT2D eigenvalue weighted by Crippen LogP contribution is 2.46. The van der Waals surface area contributed by atoms with Crippen LogP contribution in [0.5, 0.6) is 0 Å². The third-order valence-electron chi connectivity index (χ3n) is 3.24. The number of hydrogen-bond donors (Lipinski definition) is 0. The number of piperidine rings is 1. The van der Waals surface area contributed by atoms with Crippen LogP contribution in [0.15, 0.2) is 0 Å². The minimum absolute atomic E-state index is 0.410. The summed E-state index contributed by atoms with van der Waals surface area (Å²) in [5, 5.41) is 0. The fourth-order valence-electron chi connectivity index (χ4n) is 2.19. The second kappa shape index (κ2) is 2.22. The maximum absolute atomic E-state index is 2.64. The molecule has 1 aliphatic carbocycles. The Kier molecular flexibility index (Phi) is 1.54. The minimum Gasteiger partial charge on any atom is -0.298 e. The summed E-state index contributed by atoms with van der Waals surface area (Å²) in [6.45, 7) is 9.69. The van der Waals surface area contributed by atoms with Gasteiger partial charge >= 0.3 is 0 Å². The predicted octanol–water partition coefficient (Wildman–Crippen LogP) is 2.13. The van der Waals surface area contributed by atoms with Gasteiger partial charge in [-0.15, -0.1) is 0 Å². The fraction of sp³-hybridized carbons (Fsp3) is 1.00. The van der Waals surface area contributed by atoms with Crippen LogP contribution in [0, 0.1) is 11.8 Å². The van der Waals surface area contributed by atoms with E-state index < -0.39 is 0 Å². The van der Waals surface area contributed by atoms with Crippen LogP contribution in [0.2, 0.25) is 0 Å². The maximum Gasteiger partial charge on any atom is 0.0125 e. The van der Waals surface area contributed by atoms with E-state index in [2.05, 4.69) is 25.7 Å². The first-order valence-electron chi connectivity index (χ1n) is 4.82. The molecule has 64 valence electrons. The molecule has 1 saturated heterocycles. The van der Waals surface area contributed by atoms with Gasteiger partial charge in [-0.25, -0.2) is 0 Å². The summed E-state index contributed by atoms with van der Waals surface area (Å²) in [6, 6.07) is 0. The zero-order valence-electron chi connectivity index (χ0n) is 7.93. The van der Waals surface area contributed by atoms with Gasteiger partial charge < -0.3 is 0 Å². The van der Waals surface area contributed by atoms with E-state index in [1.807, 2.05) is 0 Å². The average Bonchev–Trinajstić information content (AvgIpc) is 2.60. The van der Waals surface area contributed by atoms with E-state index in [0.29, 0.717) is 5.54 Å². The second-order valence-corrected chi connectivity index (χ2v) is 5.16. The van der Waals surface area contributed by atoms with Crippen LogP contribution >= 0.6 is 0 Å². The Balaban J connectivity index is 1.95. The molecular formula is C10H19N. The summed E-state index contributed by atoms with van der Waals surface area (Å²) in [5.41, 5.74) is 0.410. The summed E-state index contributed by atoms with van der Waals surface area (Å²) < 4.78 is 0. The fourth-order valence-corrected chi connectivity index (χ4v) is 2.19. The second-order valence-electron chi connectivity index (χ2n) is 5.16. The molecule has 2 aliphatic rings. The Bertz CT molecular complexity index is 157. The molecule has 0 aromatic heterocycles. The van der Waals surface area contributed by atoms with Crippen molar-refractivity contribution < 1.29 is 0 Å². The third-order valence-corrected chi connectivity index (χ3v) is 3.24. The Morgan fingerprint density at radius 2 is 1.91 bits per heavy atom. The average molecular weight is 153 g/mol. The third kappa shape index (κ3) is 1.44. The lowest BCUT2D eigenvalue weighted by atomic mass is 10.0. The van der Waals surface area contributed by atoms with Crippen molar-refractivity contribution in [2.75, 3.05) is 13.1 Å². The zero-order valence-corrected chi connectivity index (χ0v) is 7.93. The molecule has 2 fully saturated rings. The maximum atomic E-state index is 2.64. The quantitative estimate of drug-likeness (QED) is 0.515. The molecule has 1 saturated carbocycles. The Morgan fingerprint density at radius 1 is 1.18 bits per heavy atom. The van der Waals surface area contributed by atoms with Crippen molar-refractivity contribution in [3.05, 3.63) is 0 Å². The molecule has 1 heterocycles. The van der Waals surface area contributed by atoms with Crippen LogP contribution < -0.4 is 0 Å². The number of nitrogens with zero attached hydrogens (tertiary/aromatic N) is 1. The van der Waals surface area contributed by atoms with Crippen molar-refractivity contribution >= 4 is 0 Å². The standard InChI is InChI=1S/C10H19N/c1-10(2,3)11-5-4-8-6-9(8)7-11/h8-9H,4-7H2,1-3H3/t8-,9-/m0/s1. The number of hydrogen-bond acceptors (Lipinski definition) is 1. The largest absolute Gasteiger partial charge is 0.298 e. The van der Waals surface area contributed by atoms with E-state index in [4.69, 9.17) is 0 Å². The monoisotopic (exact) mass is 153 g/mol. The van der Waals surface area contributed by atoms with Crippen molar-refractivity contribution in [3.8, 4) is 0 Å². The smallest absolute Gasteiger partial charge is 0.0125 e. The summed E-state index contributed by atoms with van der Waals surface area (Å²) in [5.74, 6) is 2.19. The van der Waals surface area contributed by atoms with Gasteiger partial charge in [0, 0.05) is 12.1 Å². The predicted molar refractivity (Wildman–Crippen MR) is 47.5 cm³/mol. The molecule has 1 nitrogen and oxygen atoms in total. The first kappa shape index (κ1) is 7.60. The van der Waals surface area contributed by atoms with Gasteiger partial charge in [0.25, 0.3) is 0 Å². The highest BCUT2D eigenvalue weighted by molar-refractivity contribution is 4.95. The van der Waals surface area contributed by atoms with Crippen molar-refractivity contribution in [3.63, 3.8) is 0 Å². The molecule has 1 aliphatic heterocycles. The molecular weight excluding hydrogens is 134 g/mol. The molecule has 0 N–H and O–H groups in total. The topological polar surface area (TPSA) is 3.24 Å². The Labute approximate surface area is 69.8 Å². The normalized spacial score (nSPS) is 38.5. The number of likely N-dealkylation sites (tertiary alicyclic amines) is 1. The van der Waals surface area contributed by atoms with Crippen molar-refractivity contribution in [1.82, 2.24) is 4.90 Å². The van der Waals surface area contributed by atoms with E-state index in [-0.39, 0.29) is 0 Å². The highest BCUT2D eigenvalue weighted by Gasteiger charge is 2.43. The van der Waals surface area contributed by atoms with E-state index in [9.17, 15) is 0 Å². The van der Waals surface area contributed by atoms with Crippen molar-refractivity contribution in [2.45, 2.75) is 39.2 Å². The van der Waals surface area contributed by atoms with Crippen LogP contribution in [-0.4, -0.2) is 23.5 Å². The van der Waals surface area contributed by atoms with Crippen LogP contribution in [0.3, 0.4) is 0 Å². The molecule has 11 heavy (non-hydrogen) atoms. The van der Waals surface area contributed by atoms with Gasteiger partial charge in [-0.2, -0.15) is 0 Å². The van der Waals surface area contributed by atoms with Gasteiger partial charge in [0.15, 0.2) is 0 Å². The van der Waals surface area contributed by atoms with Gasteiger partial charge in [-0.1, -0.05) is 0 Å². The van der Waals surface area contributed by atoms with Gasteiger partial charge in [0.1, 0.15) is 0 Å². The molecule has 1 heteroatoms. The summed E-state index contributed by atoms with van der Waals surface area (Å²) in [7, 11) is 0. The summed E-state index contributed by atoms with van der Waals surface area (Å²) >= 11 is 0. The molecule has 2 atom stereocenters. The molecule has 0 bridgehead atoms. The van der Waals surface area contributed by atoms with Crippen LogP contribution in [0.25, 0.3) is 0 Å². The molecule has 0 aromatic rings. The van der Waals surface area contributed by atoms with Gasteiger partial charge in [0.2, 0.25) is 0 Å². The van der Waals surface area contributed by atoms with Crippen molar-refractivity contribution in [2.24, 2.45) is 11.8 Å². The molecule has 2 rings (SSSR count). The zero-order chi connectivity index (χ0) is 8.06. The molecule has 0 amide bonds. The number of fused-ring (bicyclic) bond motifs is 1. The molecule has 0 spiro atoms. The van der Waals surface area contributed by atoms with Crippen LogP contribution in [0.4, 0.5) is 0 Å². The van der Waals surface area contributed by atoms with Gasteiger partial charge in [-0.3, -0.25) is 4.90 Å². The van der Waals surface area contributed by atoms with Gasteiger partial charge in [0.05, 0.1) is 0 Å². The molecule has 0 radical (unpaired) electrons. The summed E-state index contributed by atoms with van der Waals surface area (Å²) in [6.07, 6.45) is 2.98. The van der Waals surface area contributed by atoms with Crippen LogP contribution in [-0.2, 0) is 0 Å². The molecule has 0 unspecified atom stereocenters. The van der Waals surface area contributed by atoms with E-state index in [0.717, 1.165) is 11.8 Å². The molecule has 0 aromatic carbocycles. The van der Waals surface area contributed by atoms with E-state index in [1.54, 1.807) is 0 Å². The highest BCUT2D eigenvalue weighted by atomic mass is 15.2. The Hall–Kier alpha value is -0.0400. The Morgan fingerprint density at radius 3 is 2.45 bits per heavy atom. The lowest BCUT2D eigenvalue weighted by Crippen LogP contribution is -2.45. The lowest BCUT2D eigenvalue weighted by Gasteiger charge is -2.38.